The van der Waals surface area contributed by atoms with Gasteiger partial charge in [0.25, 0.3) is 5.56 Å². The van der Waals surface area contributed by atoms with Crippen LogP contribution in [0.4, 0.5) is 43.5 Å². The molecule has 1 fully saturated rings. The van der Waals surface area contributed by atoms with Crippen LogP contribution in [-0.2, 0) is 26.7 Å². The zero-order valence-corrected chi connectivity index (χ0v) is 21.0. The Morgan fingerprint density at radius 1 is 1.18 bits per heavy atom. The molecule has 0 saturated carbocycles. The number of hydrogen-bond acceptors (Lipinski definition) is 8. The van der Waals surface area contributed by atoms with Gasteiger partial charge in [-0.1, -0.05) is 0 Å². The van der Waals surface area contributed by atoms with Crippen LogP contribution in [0.25, 0.3) is 0 Å². The van der Waals surface area contributed by atoms with Crippen LogP contribution in [0.5, 0.6) is 0 Å². The molecule has 2 aliphatic heterocycles. The Hall–Kier alpha value is -3.89. The van der Waals surface area contributed by atoms with Gasteiger partial charge >= 0.3 is 12.4 Å². The van der Waals surface area contributed by atoms with Gasteiger partial charge in [-0.3, -0.25) is 14.4 Å². The van der Waals surface area contributed by atoms with Gasteiger partial charge < -0.3 is 25.2 Å². The highest BCUT2D eigenvalue weighted by Gasteiger charge is 2.39. The summed E-state index contributed by atoms with van der Waals surface area (Å²) in [5, 5.41) is 10.1. The number of alkyl halides is 6. The molecule has 2 amide bonds. The van der Waals surface area contributed by atoms with Crippen LogP contribution in [0.3, 0.4) is 0 Å². The molecule has 4 heterocycles. The number of amides is 2. The highest BCUT2D eigenvalue weighted by molar-refractivity contribution is 5.96. The van der Waals surface area contributed by atoms with Crippen molar-refractivity contribution in [2.45, 2.75) is 44.2 Å². The van der Waals surface area contributed by atoms with Crippen molar-refractivity contribution in [3.8, 4) is 0 Å². The minimum atomic E-state index is -4.89. The van der Waals surface area contributed by atoms with Crippen molar-refractivity contribution in [1.29, 1.82) is 0 Å². The first kappa shape index (κ1) is 29.1. The molecule has 11 nitrogen and oxygen atoms in total. The zero-order valence-electron chi connectivity index (χ0n) is 21.0. The van der Waals surface area contributed by atoms with E-state index in [0.29, 0.717) is 6.20 Å². The first-order valence-corrected chi connectivity index (χ1v) is 12.1. The van der Waals surface area contributed by atoms with Crippen molar-refractivity contribution in [2.24, 2.45) is 0 Å². The fourth-order valence-corrected chi connectivity index (χ4v) is 4.56. The molecule has 2 atom stereocenters. The number of aromatic nitrogens is 3. The van der Waals surface area contributed by atoms with Crippen LogP contribution in [0, 0.1) is 0 Å². The van der Waals surface area contributed by atoms with Crippen LogP contribution in [0.15, 0.2) is 23.3 Å². The monoisotopic (exact) mass is 577 g/mol. The van der Waals surface area contributed by atoms with Crippen molar-refractivity contribution >= 4 is 29.0 Å². The summed E-state index contributed by atoms with van der Waals surface area (Å²) in [6.45, 7) is 2.03. The number of pyridine rings is 1. The lowest BCUT2D eigenvalue weighted by atomic mass is 10.1. The molecule has 0 spiro atoms. The Morgan fingerprint density at radius 3 is 2.62 bits per heavy atom. The number of anilines is 3. The Kier molecular flexibility index (Phi) is 8.23. The fraction of sp³-hybridized carbons (Fsp3) is 0.522. The molecule has 4 rings (SSSR count). The predicted octanol–water partition coefficient (Wildman–Crippen LogP) is 2.47. The van der Waals surface area contributed by atoms with Crippen molar-refractivity contribution in [2.75, 3.05) is 48.4 Å². The van der Waals surface area contributed by atoms with Gasteiger partial charge in [-0.05, 0) is 13.0 Å². The lowest BCUT2D eigenvalue weighted by molar-refractivity contribution is -0.138. The van der Waals surface area contributed by atoms with Crippen LogP contribution in [-0.4, -0.2) is 76.8 Å². The van der Waals surface area contributed by atoms with Gasteiger partial charge in [0.15, 0.2) is 5.82 Å². The van der Waals surface area contributed by atoms with Crippen LogP contribution < -0.4 is 21.1 Å². The molecule has 0 bridgehead atoms. The lowest BCUT2D eigenvalue weighted by Crippen LogP contribution is -2.55. The Labute approximate surface area is 222 Å². The van der Waals surface area contributed by atoms with Gasteiger partial charge in [0.05, 0.1) is 48.8 Å². The molecular weight excluding hydrogens is 552 g/mol. The van der Waals surface area contributed by atoms with Gasteiger partial charge in [-0.15, -0.1) is 0 Å². The second kappa shape index (κ2) is 11.3. The topological polar surface area (TPSA) is 133 Å². The van der Waals surface area contributed by atoms with E-state index in [1.54, 1.807) is 10.00 Å². The van der Waals surface area contributed by atoms with Crippen molar-refractivity contribution in [3.05, 3.63) is 39.9 Å². The predicted molar refractivity (Wildman–Crippen MR) is 129 cm³/mol. The third-order valence-electron chi connectivity index (χ3n) is 6.37. The molecular formula is C23H25F6N7O4. The van der Waals surface area contributed by atoms with E-state index in [4.69, 9.17) is 4.74 Å². The normalized spacial score (nSPS) is 18.4. The minimum absolute atomic E-state index is 0.0411. The van der Waals surface area contributed by atoms with E-state index in [2.05, 4.69) is 20.7 Å². The molecule has 17 heteroatoms. The van der Waals surface area contributed by atoms with E-state index in [1.165, 1.54) is 11.8 Å². The van der Waals surface area contributed by atoms with E-state index in [-0.39, 0.29) is 63.1 Å². The molecule has 0 aliphatic carbocycles. The lowest BCUT2D eigenvalue weighted by Gasteiger charge is -2.41. The number of H-pyrrole nitrogens is 1. The summed E-state index contributed by atoms with van der Waals surface area (Å²) in [5.74, 6) is -0.591. The van der Waals surface area contributed by atoms with E-state index in [0.717, 1.165) is 12.3 Å². The van der Waals surface area contributed by atoms with E-state index in [1.807, 2.05) is 0 Å². The minimum Gasteiger partial charge on any atom is -0.379 e. The van der Waals surface area contributed by atoms with Gasteiger partial charge in [-0.2, -0.15) is 31.4 Å². The molecule has 1 saturated heterocycles. The van der Waals surface area contributed by atoms with Crippen molar-refractivity contribution < 1.29 is 40.7 Å². The molecule has 218 valence electrons. The standard InChI is InChI=1S/C23H25F6N7O4/c1-12(32-16-9-31-34-21(39)19(16)23(27,28)29)11-40-5-2-18(38)35-3-4-36-14(10-35)7-17(37)33-15-6-13(22(24,25)26)8-30-20(15)36/h6,8-9,12,14H,2-5,7,10-11H2,1H3,(H,33,37)(H2,32,34,39). The van der Waals surface area contributed by atoms with Crippen LogP contribution >= 0.6 is 0 Å². The van der Waals surface area contributed by atoms with E-state index >= 15 is 0 Å². The summed E-state index contributed by atoms with van der Waals surface area (Å²) in [5.41, 5.74) is -4.32. The summed E-state index contributed by atoms with van der Waals surface area (Å²) >= 11 is 0. The maximum absolute atomic E-state index is 13.2. The zero-order chi connectivity index (χ0) is 29.2. The van der Waals surface area contributed by atoms with Crippen LogP contribution in [0.1, 0.15) is 30.9 Å². The van der Waals surface area contributed by atoms with Crippen LogP contribution in [0.2, 0.25) is 0 Å². The van der Waals surface area contributed by atoms with E-state index in [9.17, 15) is 40.7 Å². The number of rotatable bonds is 7. The average molecular weight is 577 g/mol. The summed E-state index contributed by atoms with van der Waals surface area (Å²) in [4.78, 5) is 43.9. The summed E-state index contributed by atoms with van der Waals surface area (Å²) in [6.07, 6.45) is -8.06. The molecule has 2 aromatic heterocycles. The van der Waals surface area contributed by atoms with Crippen molar-refractivity contribution in [3.63, 3.8) is 0 Å². The largest absolute Gasteiger partial charge is 0.423 e. The van der Waals surface area contributed by atoms with Crippen molar-refractivity contribution in [1.82, 2.24) is 20.1 Å². The SMILES string of the molecule is CC(COCCC(=O)N1CCN2c3ncc(C(F)(F)F)cc3NC(=O)CC2C1)Nc1cn[nH]c(=O)c1C(F)(F)F. The molecule has 0 radical (unpaired) electrons. The fourth-order valence-electron chi connectivity index (χ4n) is 4.56. The summed E-state index contributed by atoms with van der Waals surface area (Å²) in [6, 6.07) is -0.319. The number of ether oxygens (including phenoxy) is 1. The molecule has 3 N–H and O–H groups in total. The van der Waals surface area contributed by atoms with Gasteiger partial charge in [-0.25, -0.2) is 10.1 Å². The maximum Gasteiger partial charge on any atom is 0.423 e. The van der Waals surface area contributed by atoms with E-state index < -0.39 is 52.7 Å². The number of nitrogens with one attached hydrogen (secondary N) is 3. The smallest absolute Gasteiger partial charge is 0.379 e. The Morgan fingerprint density at radius 2 is 1.93 bits per heavy atom. The Balaban J connectivity index is 1.29. The number of carbonyl (C=O) groups excluding carboxylic acids is 2. The number of aromatic amines is 1. The number of halogens is 6. The van der Waals surface area contributed by atoms with Gasteiger partial charge in [0.2, 0.25) is 11.8 Å². The number of fused-ring (bicyclic) bond motifs is 3. The van der Waals surface area contributed by atoms with Gasteiger partial charge in [0.1, 0.15) is 5.56 Å². The Bertz CT molecular complexity index is 1320. The number of carbonyl (C=O) groups is 2. The highest BCUT2D eigenvalue weighted by Crippen LogP contribution is 2.37. The first-order valence-electron chi connectivity index (χ1n) is 12.1. The molecule has 2 aliphatic rings. The first-order chi connectivity index (χ1) is 18.7. The number of piperazine rings is 1. The summed E-state index contributed by atoms with van der Waals surface area (Å²) < 4.78 is 84.3. The molecule has 40 heavy (non-hydrogen) atoms. The average Bonchev–Trinajstić information content (AvgIpc) is 2.99. The molecule has 2 aromatic rings. The number of nitrogens with zero attached hydrogens (tertiary/aromatic N) is 4. The maximum atomic E-state index is 13.2. The molecule has 0 aromatic carbocycles. The summed E-state index contributed by atoms with van der Waals surface area (Å²) in [7, 11) is 0. The third kappa shape index (κ3) is 6.63. The highest BCUT2D eigenvalue weighted by atomic mass is 19.4. The second-order valence-electron chi connectivity index (χ2n) is 9.39. The third-order valence-corrected chi connectivity index (χ3v) is 6.37. The number of hydrogen-bond donors (Lipinski definition) is 3. The van der Waals surface area contributed by atoms with Gasteiger partial charge in [0, 0.05) is 38.3 Å². The quantitative estimate of drug-likeness (QED) is 0.338. The second-order valence-corrected chi connectivity index (χ2v) is 9.39. The molecule has 2 unspecified atom stereocenters.